The average molecular weight is 396 g/mol. The molecule has 0 spiro atoms. The summed E-state index contributed by atoms with van der Waals surface area (Å²) in [5.74, 6) is -1.33. The van der Waals surface area contributed by atoms with Gasteiger partial charge in [0.1, 0.15) is 5.54 Å². The number of nitrogens with one attached hydrogen (secondary N) is 1. The first-order valence-electron chi connectivity index (χ1n) is 8.53. The predicted molar refractivity (Wildman–Crippen MR) is 103 cm³/mol. The summed E-state index contributed by atoms with van der Waals surface area (Å²) in [5.41, 5.74) is -1.15. The third-order valence-corrected chi connectivity index (χ3v) is 6.70. The van der Waals surface area contributed by atoms with Crippen molar-refractivity contribution < 1.29 is 19.4 Å². The number of ether oxygens (including phenoxy) is 1. The Morgan fingerprint density at radius 3 is 2.77 bits per heavy atom. The van der Waals surface area contributed by atoms with Crippen LogP contribution in [0.15, 0.2) is 23.6 Å². The lowest BCUT2D eigenvalue weighted by Gasteiger charge is -2.58. The molecule has 1 saturated carbocycles. The standard InChI is InChI=1S/C19H22ClNO4S/c1-4-25-15-9-19(17(23)24,18(15,2)3)21-16(22)7-11-10-26-14-6-5-12(20)8-13(11)14/h5-6,8,10,15H,4,7,9H2,1-3H3,(H,21,22)(H,23,24). The summed E-state index contributed by atoms with van der Waals surface area (Å²) in [5, 5.41) is 16.0. The first-order valence-corrected chi connectivity index (χ1v) is 9.78. The van der Waals surface area contributed by atoms with Gasteiger partial charge in [0.05, 0.1) is 12.5 Å². The minimum absolute atomic E-state index is 0.116. The van der Waals surface area contributed by atoms with Gasteiger partial charge in [0.25, 0.3) is 0 Å². The number of carbonyl (C=O) groups is 2. The second-order valence-electron chi connectivity index (χ2n) is 7.21. The van der Waals surface area contributed by atoms with Crippen molar-refractivity contribution in [3.63, 3.8) is 0 Å². The molecular weight excluding hydrogens is 374 g/mol. The van der Waals surface area contributed by atoms with Crippen molar-refractivity contribution in [1.29, 1.82) is 0 Å². The Morgan fingerprint density at radius 2 is 2.15 bits per heavy atom. The largest absolute Gasteiger partial charge is 0.479 e. The summed E-state index contributed by atoms with van der Waals surface area (Å²) in [6.07, 6.45) is 0.195. The maximum atomic E-state index is 12.7. The van der Waals surface area contributed by atoms with Gasteiger partial charge in [-0.15, -0.1) is 11.3 Å². The van der Waals surface area contributed by atoms with E-state index >= 15 is 0 Å². The third-order valence-electron chi connectivity index (χ3n) is 5.45. The van der Waals surface area contributed by atoms with E-state index in [-0.39, 0.29) is 24.9 Å². The van der Waals surface area contributed by atoms with Crippen LogP contribution in [0.25, 0.3) is 10.1 Å². The lowest BCUT2D eigenvalue weighted by Crippen LogP contribution is -2.76. The van der Waals surface area contributed by atoms with Gasteiger partial charge in [-0.3, -0.25) is 4.79 Å². The highest BCUT2D eigenvalue weighted by Gasteiger charge is 2.66. The normalized spacial score (nSPS) is 24.2. The molecule has 1 amide bonds. The van der Waals surface area contributed by atoms with Crippen molar-refractivity contribution in [2.24, 2.45) is 5.41 Å². The zero-order chi connectivity index (χ0) is 19.1. The zero-order valence-corrected chi connectivity index (χ0v) is 16.5. The summed E-state index contributed by atoms with van der Waals surface area (Å²) in [6, 6.07) is 5.57. The van der Waals surface area contributed by atoms with Crippen molar-refractivity contribution >= 4 is 44.9 Å². The number of carboxylic acids is 1. The number of thiophene rings is 1. The summed E-state index contributed by atoms with van der Waals surface area (Å²) < 4.78 is 6.68. The molecule has 2 atom stereocenters. The summed E-state index contributed by atoms with van der Waals surface area (Å²) in [4.78, 5) is 24.6. The van der Waals surface area contributed by atoms with E-state index < -0.39 is 16.9 Å². The highest BCUT2D eigenvalue weighted by molar-refractivity contribution is 7.17. The Hall–Kier alpha value is -1.63. The first kappa shape index (κ1) is 19.1. The molecule has 1 fully saturated rings. The topological polar surface area (TPSA) is 75.6 Å². The number of hydrogen-bond acceptors (Lipinski definition) is 4. The fraction of sp³-hybridized carbons (Fsp3) is 0.474. The van der Waals surface area contributed by atoms with Gasteiger partial charge in [0, 0.05) is 28.2 Å². The van der Waals surface area contributed by atoms with Crippen LogP contribution in [0.5, 0.6) is 0 Å². The number of carboxylic acid groups (broad SMARTS) is 1. The van der Waals surface area contributed by atoms with Gasteiger partial charge < -0.3 is 15.2 Å². The van der Waals surface area contributed by atoms with Crippen LogP contribution in [0, 0.1) is 5.41 Å². The molecule has 0 saturated heterocycles. The van der Waals surface area contributed by atoms with E-state index in [1.807, 2.05) is 44.4 Å². The highest BCUT2D eigenvalue weighted by Crippen LogP contribution is 2.51. The van der Waals surface area contributed by atoms with Gasteiger partial charge in [-0.25, -0.2) is 4.79 Å². The van der Waals surface area contributed by atoms with Gasteiger partial charge in [-0.1, -0.05) is 25.4 Å². The van der Waals surface area contributed by atoms with Crippen LogP contribution in [0.2, 0.25) is 5.02 Å². The van der Waals surface area contributed by atoms with Crippen molar-refractivity contribution in [3.05, 3.63) is 34.2 Å². The molecule has 2 N–H and O–H groups in total. The molecule has 7 heteroatoms. The van der Waals surface area contributed by atoms with Gasteiger partial charge in [-0.05, 0) is 41.5 Å². The number of halogens is 1. The first-order chi connectivity index (χ1) is 12.2. The summed E-state index contributed by atoms with van der Waals surface area (Å²) in [6.45, 7) is 6.04. The van der Waals surface area contributed by atoms with Crippen molar-refractivity contribution in [1.82, 2.24) is 5.32 Å². The predicted octanol–water partition coefficient (Wildman–Crippen LogP) is 3.87. The van der Waals surface area contributed by atoms with Crippen LogP contribution < -0.4 is 5.32 Å². The van der Waals surface area contributed by atoms with Crippen LogP contribution in [-0.4, -0.2) is 35.2 Å². The number of fused-ring (bicyclic) bond motifs is 1. The fourth-order valence-electron chi connectivity index (χ4n) is 3.68. The molecule has 5 nitrogen and oxygen atoms in total. The third kappa shape index (κ3) is 3.00. The Balaban J connectivity index is 1.79. The molecule has 26 heavy (non-hydrogen) atoms. The van der Waals surface area contributed by atoms with Crippen LogP contribution in [-0.2, 0) is 20.7 Å². The Kier molecular flexibility index (Phi) is 5.03. The molecule has 2 unspecified atom stereocenters. The monoisotopic (exact) mass is 395 g/mol. The Labute approximate surface area is 161 Å². The number of carbonyl (C=O) groups excluding carboxylic acids is 1. The van der Waals surface area contributed by atoms with Crippen LogP contribution in [0.1, 0.15) is 32.8 Å². The number of amides is 1. The van der Waals surface area contributed by atoms with Crippen LogP contribution >= 0.6 is 22.9 Å². The summed E-state index contributed by atoms with van der Waals surface area (Å²) >= 11 is 7.60. The number of benzene rings is 1. The quantitative estimate of drug-likeness (QED) is 0.778. The lowest BCUT2D eigenvalue weighted by molar-refractivity contribution is -0.194. The molecule has 1 aromatic heterocycles. The van der Waals surface area contributed by atoms with Crippen molar-refractivity contribution in [3.8, 4) is 0 Å². The second kappa shape index (κ2) is 6.83. The number of rotatable bonds is 6. The molecule has 1 aliphatic carbocycles. The molecule has 3 rings (SSSR count). The molecule has 2 aromatic rings. The minimum atomic E-state index is -1.31. The minimum Gasteiger partial charge on any atom is -0.479 e. The molecular formula is C19H22ClNO4S. The van der Waals surface area contributed by atoms with Crippen LogP contribution in [0.3, 0.4) is 0 Å². The van der Waals surface area contributed by atoms with Gasteiger partial charge in [0.2, 0.25) is 5.91 Å². The lowest BCUT2D eigenvalue weighted by atomic mass is 9.54. The molecule has 1 aliphatic rings. The van der Waals surface area contributed by atoms with Crippen molar-refractivity contribution in [2.75, 3.05) is 6.61 Å². The highest BCUT2D eigenvalue weighted by atomic mass is 35.5. The van der Waals surface area contributed by atoms with Gasteiger partial charge >= 0.3 is 5.97 Å². The Morgan fingerprint density at radius 1 is 1.42 bits per heavy atom. The maximum Gasteiger partial charge on any atom is 0.330 e. The SMILES string of the molecule is CCOC1CC(NC(=O)Cc2csc3ccc(Cl)cc23)(C(=O)O)C1(C)C. The zero-order valence-electron chi connectivity index (χ0n) is 15.0. The maximum absolute atomic E-state index is 12.7. The van der Waals surface area contributed by atoms with E-state index in [0.29, 0.717) is 11.6 Å². The molecule has 140 valence electrons. The van der Waals surface area contributed by atoms with E-state index in [1.165, 1.54) is 0 Å². The average Bonchev–Trinajstić information content (AvgIpc) is 2.95. The Bertz CT molecular complexity index is 862. The fourth-order valence-corrected chi connectivity index (χ4v) is 4.80. The summed E-state index contributed by atoms with van der Waals surface area (Å²) in [7, 11) is 0. The molecule has 0 aliphatic heterocycles. The van der Waals surface area contributed by atoms with Gasteiger partial charge in [-0.2, -0.15) is 0 Å². The molecule has 1 heterocycles. The number of hydrogen-bond donors (Lipinski definition) is 2. The van der Waals surface area contributed by atoms with E-state index in [1.54, 1.807) is 11.3 Å². The van der Waals surface area contributed by atoms with E-state index in [0.717, 1.165) is 15.6 Å². The molecule has 1 aromatic carbocycles. The smallest absolute Gasteiger partial charge is 0.330 e. The van der Waals surface area contributed by atoms with E-state index in [9.17, 15) is 14.7 Å². The molecule has 0 radical (unpaired) electrons. The van der Waals surface area contributed by atoms with Gasteiger partial charge in [0.15, 0.2) is 0 Å². The van der Waals surface area contributed by atoms with Crippen LogP contribution in [0.4, 0.5) is 0 Å². The molecule has 0 bridgehead atoms. The second-order valence-corrected chi connectivity index (χ2v) is 8.55. The van der Waals surface area contributed by atoms with Crippen molar-refractivity contribution in [2.45, 2.75) is 45.3 Å². The number of aliphatic carboxylic acids is 1. The van der Waals surface area contributed by atoms with E-state index in [4.69, 9.17) is 16.3 Å². The van der Waals surface area contributed by atoms with E-state index in [2.05, 4.69) is 5.32 Å².